The lowest BCUT2D eigenvalue weighted by Gasteiger charge is -2.38. The van der Waals surface area contributed by atoms with Gasteiger partial charge in [0.25, 0.3) is 5.91 Å². The van der Waals surface area contributed by atoms with Crippen molar-refractivity contribution in [2.45, 2.75) is 39.5 Å². The van der Waals surface area contributed by atoms with E-state index in [9.17, 15) is 14.4 Å². The summed E-state index contributed by atoms with van der Waals surface area (Å²) in [5, 5.41) is 3.46. The van der Waals surface area contributed by atoms with Gasteiger partial charge in [0.1, 0.15) is 17.1 Å². The van der Waals surface area contributed by atoms with E-state index in [2.05, 4.69) is 5.32 Å². The van der Waals surface area contributed by atoms with Gasteiger partial charge < -0.3 is 25.3 Å². The minimum Gasteiger partial charge on any atom is -0.483 e. The Balaban J connectivity index is 1.73. The van der Waals surface area contributed by atoms with E-state index in [-0.39, 0.29) is 57.1 Å². The highest BCUT2D eigenvalue weighted by Crippen LogP contribution is 2.50. The van der Waals surface area contributed by atoms with E-state index in [0.717, 1.165) is 0 Å². The third kappa shape index (κ3) is 6.19. The van der Waals surface area contributed by atoms with Crippen LogP contribution in [-0.4, -0.2) is 30.9 Å². The third-order valence-electron chi connectivity index (χ3n) is 6.32. The average Bonchev–Trinajstić information content (AvgIpc) is 2.84. The molecule has 2 aromatic rings. The number of benzene rings is 2. The van der Waals surface area contributed by atoms with Crippen molar-refractivity contribution in [1.82, 2.24) is 0 Å². The van der Waals surface area contributed by atoms with Gasteiger partial charge in [0.05, 0.1) is 28.3 Å². The van der Waals surface area contributed by atoms with Crippen LogP contribution in [0.25, 0.3) is 0 Å². The SMILES string of the molecule is CCOC(=O)C1=C(N)OC2=C(C(=O)CC(C)(C)C2)C1c1cc(Cl)ccc1OCC(=O)Nc1cccc(Cl)c1Cl. The largest absolute Gasteiger partial charge is 0.483 e. The fourth-order valence-electron chi connectivity index (χ4n) is 4.71. The summed E-state index contributed by atoms with van der Waals surface area (Å²) in [5.74, 6) is -1.98. The average molecular weight is 594 g/mol. The second-order valence-electron chi connectivity index (χ2n) is 9.93. The van der Waals surface area contributed by atoms with Crippen molar-refractivity contribution >= 4 is 58.1 Å². The van der Waals surface area contributed by atoms with E-state index in [4.69, 9.17) is 54.7 Å². The number of halogens is 3. The van der Waals surface area contributed by atoms with E-state index in [1.54, 1.807) is 43.3 Å². The molecule has 0 saturated heterocycles. The molecule has 11 heteroatoms. The molecule has 2 aliphatic rings. The minimum atomic E-state index is -0.976. The number of allylic oxidation sites excluding steroid dienone is 2. The smallest absolute Gasteiger partial charge is 0.340 e. The summed E-state index contributed by atoms with van der Waals surface area (Å²) in [4.78, 5) is 39.3. The van der Waals surface area contributed by atoms with Crippen LogP contribution >= 0.6 is 34.8 Å². The molecule has 1 amide bonds. The molecule has 0 spiro atoms. The van der Waals surface area contributed by atoms with Gasteiger partial charge in [0.15, 0.2) is 12.4 Å². The van der Waals surface area contributed by atoms with Crippen molar-refractivity contribution in [3.05, 3.63) is 79.8 Å². The van der Waals surface area contributed by atoms with E-state index >= 15 is 0 Å². The molecule has 4 rings (SSSR count). The Labute approximate surface area is 241 Å². The van der Waals surface area contributed by atoms with E-state index in [1.807, 2.05) is 13.8 Å². The van der Waals surface area contributed by atoms with Crippen molar-refractivity contribution in [1.29, 1.82) is 0 Å². The quantitative estimate of drug-likeness (QED) is 0.370. The maximum Gasteiger partial charge on any atom is 0.340 e. The Kier molecular flexibility index (Phi) is 8.49. The predicted molar refractivity (Wildman–Crippen MR) is 149 cm³/mol. The Bertz CT molecular complexity index is 1420. The number of anilines is 1. The van der Waals surface area contributed by atoms with Crippen LogP contribution in [0, 0.1) is 5.41 Å². The lowest BCUT2D eigenvalue weighted by atomic mass is 9.70. The van der Waals surface area contributed by atoms with E-state index in [0.29, 0.717) is 28.5 Å². The van der Waals surface area contributed by atoms with Crippen LogP contribution in [0.4, 0.5) is 5.69 Å². The molecule has 206 valence electrons. The van der Waals surface area contributed by atoms with Crippen LogP contribution in [0.2, 0.25) is 15.1 Å². The highest BCUT2D eigenvalue weighted by molar-refractivity contribution is 6.44. The summed E-state index contributed by atoms with van der Waals surface area (Å²) in [7, 11) is 0. The Morgan fingerprint density at radius 3 is 2.62 bits per heavy atom. The second kappa shape index (κ2) is 11.5. The van der Waals surface area contributed by atoms with Crippen molar-refractivity contribution < 1.29 is 28.6 Å². The van der Waals surface area contributed by atoms with Gasteiger partial charge in [-0.2, -0.15) is 0 Å². The maximum atomic E-state index is 13.5. The number of carbonyl (C=O) groups is 3. The summed E-state index contributed by atoms with van der Waals surface area (Å²) in [6, 6.07) is 9.55. The number of nitrogens with two attached hydrogens (primary N) is 1. The lowest BCUT2D eigenvalue weighted by molar-refractivity contribution is -0.139. The van der Waals surface area contributed by atoms with Gasteiger partial charge in [0, 0.05) is 29.0 Å². The van der Waals surface area contributed by atoms with Gasteiger partial charge >= 0.3 is 5.97 Å². The molecule has 0 bridgehead atoms. The van der Waals surface area contributed by atoms with Gasteiger partial charge in [-0.15, -0.1) is 0 Å². The fourth-order valence-corrected chi connectivity index (χ4v) is 5.24. The molecule has 0 aromatic heterocycles. The number of esters is 1. The highest BCUT2D eigenvalue weighted by Gasteiger charge is 2.46. The van der Waals surface area contributed by atoms with Crippen LogP contribution in [-0.2, 0) is 23.9 Å². The molecule has 2 aromatic carbocycles. The molecule has 1 heterocycles. The van der Waals surface area contributed by atoms with Gasteiger partial charge in [-0.3, -0.25) is 9.59 Å². The topological polar surface area (TPSA) is 117 Å². The summed E-state index contributed by atoms with van der Waals surface area (Å²) in [6.07, 6.45) is 0.669. The molecule has 0 saturated carbocycles. The summed E-state index contributed by atoms with van der Waals surface area (Å²) in [6.45, 7) is 5.23. The van der Waals surface area contributed by atoms with E-state index in [1.165, 1.54) is 0 Å². The molecule has 1 unspecified atom stereocenters. The molecule has 1 aliphatic carbocycles. The predicted octanol–water partition coefficient (Wildman–Crippen LogP) is 6.15. The summed E-state index contributed by atoms with van der Waals surface area (Å²) < 4.78 is 17.0. The zero-order valence-corrected chi connectivity index (χ0v) is 23.8. The number of hydrogen-bond acceptors (Lipinski definition) is 7. The molecule has 1 aliphatic heterocycles. The number of carbonyl (C=O) groups excluding carboxylic acids is 3. The number of ether oxygens (including phenoxy) is 3. The monoisotopic (exact) mass is 592 g/mol. The first-order valence-electron chi connectivity index (χ1n) is 12.2. The normalized spacial score (nSPS) is 18.3. The maximum absolute atomic E-state index is 13.5. The van der Waals surface area contributed by atoms with Crippen LogP contribution < -0.4 is 15.8 Å². The van der Waals surface area contributed by atoms with Crippen molar-refractivity contribution in [3.63, 3.8) is 0 Å². The Morgan fingerprint density at radius 2 is 1.90 bits per heavy atom. The summed E-state index contributed by atoms with van der Waals surface area (Å²) in [5.41, 5.74) is 6.83. The first-order valence-corrected chi connectivity index (χ1v) is 13.3. The number of nitrogens with one attached hydrogen (secondary N) is 1. The fraction of sp³-hybridized carbons (Fsp3) is 0.321. The molecular formula is C28H27Cl3N2O6. The van der Waals surface area contributed by atoms with Crippen molar-refractivity contribution in [2.75, 3.05) is 18.5 Å². The van der Waals surface area contributed by atoms with Gasteiger partial charge in [-0.1, -0.05) is 54.7 Å². The Hall–Kier alpha value is -3.20. The first kappa shape index (κ1) is 28.8. The minimum absolute atomic E-state index is 0.0362. The lowest BCUT2D eigenvalue weighted by Crippen LogP contribution is -2.36. The number of rotatable bonds is 7. The zero-order valence-electron chi connectivity index (χ0n) is 21.5. The molecular weight excluding hydrogens is 567 g/mol. The third-order valence-corrected chi connectivity index (χ3v) is 7.37. The van der Waals surface area contributed by atoms with E-state index < -0.39 is 24.4 Å². The number of ketones is 1. The van der Waals surface area contributed by atoms with Crippen molar-refractivity contribution in [2.24, 2.45) is 11.1 Å². The number of hydrogen-bond donors (Lipinski definition) is 2. The Morgan fingerprint density at radius 1 is 1.15 bits per heavy atom. The van der Waals surface area contributed by atoms with Crippen LogP contribution in [0.5, 0.6) is 5.75 Å². The summed E-state index contributed by atoms with van der Waals surface area (Å²) >= 11 is 18.6. The molecule has 39 heavy (non-hydrogen) atoms. The first-order chi connectivity index (χ1) is 18.4. The van der Waals surface area contributed by atoms with Crippen LogP contribution in [0.1, 0.15) is 45.1 Å². The van der Waals surface area contributed by atoms with Crippen LogP contribution in [0.15, 0.2) is 59.2 Å². The zero-order chi connectivity index (χ0) is 28.5. The molecule has 3 N–H and O–H groups in total. The van der Waals surface area contributed by atoms with Gasteiger partial charge in [-0.05, 0) is 42.7 Å². The molecule has 0 fully saturated rings. The van der Waals surface area contributed by atoms with Gasteiger partial charge in [-0.25, -0.2) is 4.79 Å². The number of Topliss-reactive ketones (excluding diaryl/α,β-unsaturated/α-hetero) is 1. The molecule has 8 nitrogen and oxygen atoms in total. The standard InChI is InChI=1S/C28H27Cl3N2O6/c1-4-37-27(36)24-22(23-18(34)11-28(2,3)12-20(23)39-26(24)32)15-10-14(29)8-9-19(15)38-13-21(35)33-17-7-5-6-16(30)25(17)31/h5-10,22H,4,11-13,32H2,1-3H3,(H,33,35). The van der Waals surface area contributed by atoms with Crippen molar-refractivity contribution in [3.8, 4) is 5.75 Å². The van der Waals surface area contributed by atoms with Crippen LogP contribution in [0.3, 0.4) is 0 Å². The number of amides is 1. The second-order valence-corrected chi connectivity index (χ2v) is 11.2. The van der Waals surface area contributed by atoms with Gasteiger partial charge in [0.2, 0.25) is 5.88 Å². The molecule has 1 atom stereocenters. The highest BCUT2D eigenvalue weighted by atomic mass is 35.5. The molecule has 0 radical (unpaired) electrons.